The summed E-state index contributed by atoms with van der Waals surface area (Å²) >= 11 is 5.95. The fourth-order valence-corrected chi connectivity index (χ4v) is 2.30. The number of hydrogen-bond donors (Lipinski definition) is 2. The van der Waals surface area contributed by atoms with E-state index < -0.39 is 4.92 Å². The van der Waals surface area contributed by atoms with E-state index in [2.05, 4.69) is 5.32 Å². The van der Waals surface area contributed by atoms with Gasteiger partial charge in [0.05, 0.1) is 4.92 Å². The molecule has 0 aliphatic heterocycles. The fraction of sp³-hybridized carbons (Fsp3) is 0.200. The summed E-state index contributed by atoms with van der Waals surface area (Å²) in [5.41, 5.74) is 8.90. The van der Waals surface area contributed by atoms with Gasteiger partial charge in [-0.2, -0.15) is 0 Å². The van der Waals surface area contributed by atoms with Crippen molar-refractivity contribution in [3.05, 3.63) is 62.7 Å². The highest BCUT2D eigenvalue weighted by Gasteiger charge is 2.16. The van der Waals surface area contributed by atoms with Gasteiger partial charge in [-0.05, 0) is 43.2 Å². The molecule has 0 aliphatic carbocycles. The van der Waals surface area contributed by atoms with E-state index in [1.165, 1.54) is 6.07 Å². The third-order valence-corrected chi connectivity index (χ3v) is 3.60. The lowest BCUT2D eigenvalue weighted by Crippen LogP contribution is -2.08. The summed E-state index contributed by atoms with van der Waals surface area (Å²) in [6, 6.07) is 10.6. The van der Waals surface area contributed by atoms with Crippen molar-refractivity contribution < 1.29 is 4.92 Å². The lowest BCUT2D eigenvalue weighted by atomic mass is 10.1. The summed E-state index contributed by atoms with van der Waals surface area (Å²) in [6.07, 6.45) is 0. The number of aryl methyl sites for hydroxylation is 1. The van der Waals surface area contributed by atoms with Crippen molar-refractivity contribution in [3.63, 3.8) is 0 Å². The van der Waals surface area contributed by atoms with Crippen LogP contribution in [0.25, 0.3) is 0 Å². The van der Waals surface area contributed by atoms with Gasteiger partial charge in [-0.3, -0.25) is 10.1 Å². The van der Waals surface area contributed by atoms with Crippen molar-refractivity contribution >= 4 is 28.7 Å². The lowest BCUT2D eigenvalue weighted by molar-refractivity contribution is -0.384. The molecule has 0 aliphatic rings. The summed E-state index contributed by atoms with van der Waals surface area (Å²) in [5, 5.41) is 14.3. The lowest BCUT2D eigenvalue weighted by Gasteiger charge is -2.18. The van der Waals surface area contributed by atoms with Gasteiger partial charge in [-0.25, -0.2) is 0 Å². The summed E-state index contributed by atoms with van der Waals surface area (Å²) < 4.78 is 0. The maximum absolute atomic E-state index is 10.8. The normalized spacial score (nSPS) is 12.0. The van der Waals surface area contributed by atoms with E-state index in [0.717, 1.165) is 16.8 Å². The number of halogens is 1. The second kappa shape index (κ2) is 6.01. The van der Waals surface area contributed by atoms with Crippen molar-refractivity contribution in [1.82, 2.24) is 0 Å². The smallest absolute Gasteiger partial charge is 0.288 e. The Balaban J connectivity index is 2.25. The molecule has 110 valence electrons. The molecule has 0 spiro atoms. The molecular formula is C15H16ClN3O2. The van der Waals surface area contributed by atoms with Crippen molar-refractivity contribution in [2.45, 2.75) is 19.9 Å². The van der Waals surface area contributed by atoms with E-state index in [0.29, 0.717) is 5.69 Å². The zero-order chi connectivity index (χ0) is 15.6. The molecule has 0 radical (unpaired) electrons. The fourth-order valence-electron chi connectivity index (χ4n) is 2.06. The Bertz CT molecular complexity index is 671. The summed E-state index contributed by atoms with van der Waals surface area (Å²) in [7, 11) is 0. The molecule has 0 heterocycles. The number of anilines is 2. The van der Waals surface area contributed by atoms with Crippen molar-refractivity contribution in [2.75, 3.05) is 11.1 Å². The number of nitrogens with two attached hydrogens (primary N) is 1. The average Bonchev–Trinajstić information content (AvgIpc) is 2.42. The van der Waals surface area contributed by atoms with Crippen molar-refractivity contribution in [2.24, 2.45) is 0 Å². The molecule has 5 nitrogen and oxygen atoms in total. The molecule has 6 heteroatoms. The quantitative estimate of drug-likeness (QED) is 0.501. The topological polar surface area (TPSA) is 81.2 Å². The highest BCUT2D eigenvalue weighted by atomic mass is 35.5. The summed E-state index contributed by atoms with van der Waals surface area (Å²) in [5.74, 6) is 0. The predicted octanol–water partition coefficient (Wildman–Crippen LogP) is 4.31. The summed E-state index contributed by atoms with van der Waals surface area (Å²) in [4.78, 5) is 10.4. The first-order valence-corrected chi connectivity index (χ1v) is 6.83. The molecule has 0 fully saturated rings. The Labute approximate surface area is 127 Å². The van der Waals surface area contributed by atoms with Gasteiger partial charge in [-0.1, -0.05) is 23.7 Å². The van der Waals surface area contributed by atoms with Crippen LogP contribution in [0.3, 0.4) is 0 Å². The van der Waals surface area contributed by atoms with Gasteiger partial charge in [0.1, 0.15) is 5.02 Å². The van der Waals surface area contributed by atoms with Crippen LogP contribution >= 0.6 is 11.6 Å². The van der Waals surface area contributed by atoms with Gasteiger partial charge in [0.2, 0.25) is 0 Å². The van der Waals surface area contributed by atoms with E-state index in [1.54, 1.807) is 13.0 Å². The Morgan fingerprint density at radius 1 is 1.29 bits per heavy atom. The van der Waals surface area contributed by atoms with Crippen LogP contribution in [0, 0.1) is 17.0 Å². The van der Waals surface area contributed by atoms with Gasteiger partial charge in [0.15, 0.2) is 0 Å². The maximum atomic E-state index is 10.8. The van der Waals surface area contributed by atoms with Crippen LogP contribution in [0.2, 0.25) is 5.02 Å². The number of nitro benzene ring substituents is 1. The number of hydrogen-bond acceptors (Lipinski definition) is 4. The number of nitro groups is 1. The molecular weight excluding hydrogens is 290 g/mol. The Kier molecular flexibility index (Phi) is 4.33. The molecule has 0 saturated carbocycles. The SMILES string of the molecule is Cc1cc([N+](=O)[O-])c(Cl)cc1NC(C)c1ccc(N)cc1. The Morgan fingerprint density at radius 2 is 1.90 bits per heavy atom. The van der Waals surface area contributed by atoms with Crippen LogP contribution in [0.1, 0.15) is 24.1 Å². The van der Waals surface area contributed by atoms with Crippen molar-refractivity contribution in [3.8, 4) is 0 Å². The van der Waals surface area contributed by atoms with E-state index >= 15 is 0 Å². The van der Waals surface area contributed by atoms with Gasteiger partial charge in [-0.15, -0.1) is 0 Å². The van der Waals surface area contributed by atoms with E-state index in [1.807, 2.05) is 31.2 Å². The monoisotopic (exact) mass is 305 g/mol. The molecule has 21 heavy (non-hydrogen) atoms. The number of nitrogens with one attached hydrogen (secondary N) is 1. The zero-order valence-electron chi connectivity index (χ0n) is 11.8. The van der Waals surface area contributed by atoms with Gasteiger partial charge < -0.3 is 11.1 Å². The van der Waals surface area contributed by atoms with E-state index in [4.69, 9.17) is 17.3 Å². The Morgan fingerprint density at radius 3 is 2.48 bits per heavy atom. The van der Waals surface area contributed by atoms with E-state index in [-0.39, 0.29) is 16.8 Å². The Hall–Kier alpha value is -2.27. The molecule has 0 amide bonds. The molecule has 0 aromatic heterocycles. The van der Waals surface area contributed by atoms with Crippen LogP contribution < -0.4 is 11.1 Å². The van der Waals surface area contributed by atoms with Crippen LogP contribution in [-0.4, -0.2) is 4.92 Å². The molecule has 2 aromatic rings. The van der Waals surface area contributed by atoms with Gasteiger partial charge in [0.25, 0.3) is 5.69 Å². The van der Waals surface area contributed by atoms with Crippen LogP contribution in [0.15, 0.2) is 36.4 Å². The second-order valence-corrected chi connectivity index (χ2v) is 5.32. The maximum Gasteiger partial charge on any atom is 0.288 e. The first-order chi connectivity index (χ1) is 9.88. The standard InChI is InChI=1S/C15H16ClN3O2/c1-9-7-15(19(20)21)13(16)8-14(9)18-10(2)11-3-5-12(17)6-4-11/h3-8,10,18H,17H2,1-2H3. The van der Waals surface area contributed by atoms with Gasteiger partial charge >= 0.3 is 0 Å². The second-order valence-electron chi connectivity index (χ2n) is 4.91. The van der Waals surface area contributed by atoms with Crippen LogP contribution in [0.4, 0.5) is 17.1 Å². The molecule has 0 saturated heterocycles. The first kappa shape index (κ1) is 15.1. The molecule has 2 aromatic carbocycles. The number of rotatable bonds is 4. The van der Waals surface area contributed by atoms with E-state index in [9.17, 15) is 10.1 Å². The van der Waals surface area contributed by atoms with Gasteiger partial charge in [0, 0.05) is 23.5 Å². The molecule has 3 N–H and O–H groups in total. The van der Waals surface area contributed by atoms with Crippen molar-refractivity contribution in [1.29, 1.82) is 0 Å². The number of nitrogens with zero attached hydrogens (tertiary/aromatic N) is 1. The molecule has 2 rings (SSSR count). The molecule has 0 bridgehead atoms. The number of benzene rings is 2. The largest absolute Gasteiger partial charge is 0.399 e. The highest BCUT2D eigenvalue weighted by Crippen LogP contribution is 2.32. The minimum absolute atomic E-state index is 0.0295. The number of nitrogen functional groups attached to an aromatic ring is 1. The first-order valence-electron chi connectivity index (χ1n) is 6.45. The van der Waals surface area contributed by atoms with Crippen LogP contribution in [-0.2, 0) is 0 Å². The molecule has 1 unspecified atom stereocenters. The minimum Gasteiger partial charge on any atom is -0.399 e. The predicted molar refractivity (Wildman–Crippen MR) is 85.7 cm³/mol. The zero-order valence-corrected chi connectivity index (χ0v) is 12.5. The van der Waals surface area contributed by atoms with Crippen LogP contribution in [0.5, 0.6) is 0 Å². The average molecular weight is 306 g/mol. The third-order valence-electron chi connectivity index (χ3n) is 3.30. The summed E-state index contributed by atoms with van der Waals surface area (Å²) in [6.45, 7) is 3.81. The highest BCUT2D eigenvalue weighted by molar-refractivity contribution is 6.33. The minimum atomic E-state index is -0.484. The molecule has 1 atom stereocenters. The third kappa shape index (κ3) is 3.44.